The molecule has 3 rings (SSSR count). The second-order valence-electron chi connectivity index (χ2n) is 5.81. The van der Waals surface area contributed by atoms with Crippen LogP contribution in [0.25, 0.3) is 5.65 Å². The zero-order valence-electron chi connectivity index (χ0n) is 14.0. The maximum atomic E-state index is 11.9. The summed E-state index contributed by atoms with van der Waals surface area (Å²) < 4.78 is 7.62. The van der Waals surface area contributed by atoms with Gasteiger partial charge in [0.15, 0.2) is 6.61 Å². The molecule has 0 unspecified atom stereocenters. The van der Waals surface area contributed by atoms with Crippen LogP contribution in [-0.2, 0) is 11.2 Å². The minimum Gasteiger partial charge on any atom is -0.483 e. The summed E-state index contributed by atoms with van der Waals surface area (Å²) >= 11 is 0. The quantitative estimate of drug-likeness (QED) is 0.759. The molecule has 2 aromatic heterocycles. The van der Waals surface area contributed by atoms with Gasteiger partial charge in [-0.05, 0) is 37.1 Å². The molecule has 24 heavy (non-hydrogen) atoms. The molecule has 0 saturated heterocycles. The van der Waals surface area contributed by atoms with Gasteiger partial charge >= 0.3 is 0 Å². The highest BCUT2D eigenvalue weighted by Gasteiger charge is 2.07. The minimum absolute atomic E-state index is 0.0247. The summed E-state index contributed by atoms with van der Waals surface area (Å²) in [6.07, 6.45) is 4.63. The van der Waals surface area contributed by atoms with Crippen molar-refractivity contribution in [3.8, 4) is 5.75 Å². The molecule has 124 valence electrons. The largest absolute Gasteiger partial charge is 0.483 e. The SMILES string of the molecule is Cc1cccc(C)c1OCC(=O)NCCc1cn2ccccc2n1. The van der Waals surface area contributed by atoms with Gasteiger partial charge in [-0.1, -0.05) is 24.3 Å². The van der Waals surface area contributed by atoms with Gasteiger partial charge in [0.05, 0.1) is 5.69 Å². The molecule has 0 aliphatic heterocycles. The fourth-order valence-corrected chi connectivity index (χ4v) is 2.65. The van der Waals surface area contributed by atoms with Gasteiger partial charge in [0.1, 0.15) is 11.4 Å². The number of carbonyl (C=O) groups excluding carboxylic acids is 1. The van der Waals surface area contributed by atoms with Crippen molar-refractivity contribution in [2.75, 3.05) is 13.2 Å². The maximum Gasteiger partial charge on any atom is 0.257 e. The summed E-state index contributed by atoms with van der Waals surface area (Å²) in [5.74, 6) is 0.661. The topological polar surface area (TPSA) is 55.6 Å². The molecule has 0 aliphatic carbocycles. The molecular weight excluding hydrogens is 302 g/mol. The first kappa shape index (κ1) is 16.1. The number of amides is 1. The van der Waals surface area contributed by atoms with Crippen molar-refractivity contribution < 1.29 is 9.53 Å². The number of fused-ring (bicyclic) bond motifs is 1. The smallest absolute Gasteiger partial charge is 0.257 e. The van der Waals surface area contributed by atoms with Crippen LogP contribution in [0.15, 0.2) is 48.8 Å². The van der Waals surface area contributed by atoms with Crippen LogP contribution >= 0.6 is 0 Å². The Morgan fingerprint density at radius 1 is 1.17 bits per heavy atom. The van der Waals surface area contributed by atoms with Gasteiger partial charge in [0.25, 0.3) is 5.91 Å². The third-order valence-corrected chi connectivity index (χ3v) is 3.87. The number of rotatable bonds is 6. The molecule has 1 amide bonds. The molecule has 1 N–H and O–H groups in total. The van der Waals surface area contributed by atoms with Crippen molar-refractivity contribution in [3.05, 3.63) is 65.6 Å². The molecule has 0 fully saturated rings. The van der Waals surface area contributed by atoms with Crippen molar-refractivity contribution in [2.24, 2.45) is 0 Å². The number of pyridine rings is 1. The van der Waals surface area contributed by atoms with Gasteiger partial charge in [-0.2, -0.15) is 0 Å². The number of hydrogen-bond donors (Lipinski definition) is 1. The van der Waals surface area contributed by atoms with Crippen molar-refractivity contribution in [1.29, 1.82) is 0 Å². The Balaban J connectivity index is 1.47. The highest BCUT2D eigenvalue weighted by atomic mass is 16.5. The second kappa shape index (κ2) is 7.17. The van der Waals surface area contributed by atoms with E-state index in [0.717, 1.165) is 28.2 Å². The molecular formula is C19H21N3O2. The van der Waals surface area contributed by atoms with E-state index in [1.165, 1.54) is 0 Å². The summed E-state index contributed by atoms with van der Waals surface area (Å²) in [6, 6.07) is 11.8. The van der Waals surface area contributed by atoms with E-state index >= 15 is 0 Å². The van der Waals surface area contributed by atoms with Gasteiger partial charge in [0, 0.05) is 25.4 Å². The van der Waals surface area contributed by atoms with E-state index in [9.17, 15) is 4.79 Å². The summed E-state index contributed by atoms with van der Waals surface area (Å²) in [4.78, 5) is 16.4. The molecule has 5 nitrogen and oxygen atoms in total. The Bertz CT molecular complexity index is 801. The number of benzene rings is 1. The van der Waals surface area contributed by atoms with Crippen LogP contribution in [0.2, 0.25) is 0 Å². The van der Waals surface area contributed by atoms with Gasteiger partial charge < -0.3 is 14.5 Å². The predicted molar refractivity (Wildman–Crippen MR) is 93.3 cm³/mol. The van der Waals surface area contributed by atoms with E-state index in [0.29, 0.717) is 13.0 Å². The van der Waals surface area contributed by atoms with Crippen LogP contribution in [0.4, 0.5) is 0 Å². The lowest BCUT2D eigenvalue weighted by Gasteiger charge is -2.11. The number of aryl methyl sites for hydroxylation is 2. The van der Waals surface area contributed by atoms with Crippen LogP contribution in [0.5, 0.6) is 5.75 Å². The first-order chi connectivity index (χ1) is 11.6. The van der Waals surface area contributed by atoms with E-state index in [-0.39, 0.29) is 12.5 Å². The van der Waals surface area contributed by atoms with Crippen LogP contribution in [0.1, 0.15) is 16.8 Å². The van der Waals surface area contributed by atoms with Crippen LogP contribution in [-0.4, -0.2) is 28.4 Å². The Morgan fingerprint density at radius 3 is 2.71 bits per heavy atom. The fourth-order valence-electron chi connectivity index (χ4n) is 2.65. The lowest BCUT2D eigenvalue weighted by Crippen LogP contribution is -2.30. The summed E-state index contributed by atoms with van der Waals surface area (Å²) in [5, 5.41) is 2.87. The average Bonchev–Trinajstić information content (AvgIpc) is 2.97. The first-order valence-corrected chi connectivity index (χ1v) is 8.02. The molecule has 0 saturated carbocycles. The molecule has 1 aromatic carbocycles. The molecule has 0 aliphatic rings. The summed E-state index contributed by atoms with van der Waals surface area (Å²) in [6.45, 7) is 4.52. The number of carbonyl (C=O) groups is 1. The number of para-hydroxylation sites is 1. The van der Waals surface area contributed by atoms with Crippen molar-refractivity contribution in [1.82, 2.24) is 14.7 Å². The normalized spacial score (nSPS) is 10.8. The lowest BCUT2D eigenvalue weighted by atomic mass is 10.1. The molecule has 0 bridgehead atoms. The Morgan fingerprint density at radius 2 is 1.96 bits per heavy atom. The zero-order chi connectivity index (χ0) is 16.9. The monoisotopic (exact) mass is 323 g/mol. The van der Waals surface area contributed by atoms with Crippen molar-refractivity contribution in [2.45, 2.75) is 20.3 Å². The lowest BCUT2D eigenvalue weighted by molar-refractivity contribution is -0.123. The number of nitrogens with zero attached hydrogens (tertiary/aromatic N) is 2. The van der Waals surface area contributed by atoms with E-state index in [1.807, 2.05) is 67.0 Å². The van der Waals surface area contributed by atoms with Crippen molar-refractivity contribution in [3.63, 3.8) is 0 Å². The Kier molecular flexibility index (Phi) is 4.79. The van der Waals surface area contributed by atoms with E-state index < -0.39 is 0 Å². The van der Waals surface area contributed by atoms with E-state index in [1.54, 1.807) is 0 Å². The number of ether oxygens (including phenoxy) is 1. The number of nitrogens with one attached hydrogen (secondary N) is 1. The molecule has 0 spiro atoms. The molecule has 3 aromatic rings. The van der Waals surface area contributed by atoms with E-state index in [4.69, 9.17) is 4.74 Å². The van der Waals surface area contributed by atoms with Gasteiger partial charge in [-0.15, -0.1) is 0 Å². The minimum atomic E-state index is -0.124. The number of aromatic nitrogens is 2. The second-order valence-corrected chi connectivity index (χ2v) is 5.81. The van der Waals surface area contributed by atoms with Crippen LogP contribution in [0, 0.1) is 13.8 Å². The Labute approximate surface area is 141 Å². The third-order valence-electron chi connectivity index (χ3n) is 3.87. The highest BCUT2D eigenvalue weighted by molar-refractivity contribution is 5.77. The van der Waals surface area contributed by atoms with Crippen LogP contribution < -0.4 is 10.1 Å². The standard InChI is InChI=1S/C19H21N3O2/c1-14-6-5-7-15(2)19(14)24-13-18(23)20-10-9-16-12-22-11-4-3-8-17(22)21-16/h3-8,11-12H,9-10,13H2,1-2H3,(H,20,23). The van der Waals surface area contributed by atoms with Gasteiger partial charge in [-0.25, -0.2) is 4.98 Å². The highest BCUT2D eigenvalue weighted by Crippen LogP contribution is 2.21. The van der Waals surface area contributed by atoms with Gasteiger partial charge in [0.2, 0.25) is 0 Å². The number of hydrogen-bond acceptors (Lipinski definition) is 3. The molecule has 0 atom stereocenters. The van der Waals surface area contributed by atoms with E-state index in [2.05, 4.69) is 10.3 Å². The maximum absolute atomic E-state index is 11.9. The molecule has 5 heteroatoms. The number of imidazole rings is 1. The fraction of sp³-hybridized carbons (Fsp3) is 0.263. The third kappa shape index (κ3) is 3.74. The summed E-state index contributed by atoms with van der Waals surface area (Å²) in [7, 11) is 0. The van der Waals surface area contributed by atoms with Gasteiger partial charge in [-0.3, -0.25) is 4.79 Å². The average molecular weight is 323 g/mol. The molecule has 2 heterocycles. The first-order valence-electron chi connectivity index (χ1n) is 8.02. The predicted octanol–water partition coefficient (Wildman–Crippen LogP) is 2.69. The van der Waals surface area contributed by atoms with Crippen LogP contribution in [0.3, 0.4) is 0 Å². The molecule has 0 radical (unpaired) electrons. The Hall–Kier alpha value is -2.82. The zero-order valence-corrected chi connectivity index (χ0v) is 14.0. The van der Waals surface area contributed by atoms with Crippen molar-refractivity contribution >= 4 is 11.6 Å². The summed E-state index contributed by atoms with van der Waals surface area (Å²) in [5.41, 5.74) is 3.94.